The number of allylic oxidation sites excluding steroid dienone is 2. The van der Waals surface area contributed by atoms with Crippen LogP contribution in [0.4, 0.5) is 0 Å². The number of benzene rings is 1. The standard InChI is InChI=1S/C19H24ClNS/c1-16(14-20)19(15-21,22-18-11-3-2-4-12-18)13-7-10-17-8-5-6-9-17/h2-4,8,11-12,16H,5-7,9-10,13-14H2,1H3/t16-,19?/m1/s1. The molecule has 1 aliphatic rings. The molecular weight excluding hydrogens is 310 g/mol. The highest BCUT2D eigenvalue weighted by molar-refractivity contribution is 8.01. The third-order valence-electron chi connectivity index (χ3n) is 4.44. The summed E-state index contributed by atoms with van der Waals surface area (Å²) in [4.78, 5) is 1.15. The van der Waals surface area contributed by atoms with E-state index in [1.54, 1.807) is 17.3 Å². The minimum Gasteiger partial charge on any atom is -0.197 e. The number of halogens is 1. The van der Waals surface area contributed by atoms with Crippen molar-refractivity contribution in [3.8, 4) is 6.07 Å². The van der Waals surface area contributed by atoms with Crippen molar-refractivity contribution >= 4 is 23.4 Å². The van der Waals surface area contributed by atoms with Gasteiger partial charge in [0, 0.05) is 10.8 Å². The highest BCUT2D eigenvalue weighted by Crippen LogP contribution is 2.43. The van der Waals surface area contributed by atoms with Crippen molar-refractivity contribution in [2.75, 3.05) is 5.88 Å². The summed E-state index contributed by atoms with van der Waals surface area (Å²) in [6.07, 6.45) is 9.26. The average molecular weight is 334 g/mol. The topological polar surface area (TPSA) is 23.8 Å². The second kappa shape index (κ2) is 8.65. The fourth-order valence-electron chi connectivity index (χ4n) is 2.95. The third kappa shape index (κ3) is 4.54. The molecule has 0 aliphatic heterocycles. The van der Waals surface area contributed by atoms with Gasteiger partial charge < -0.3 is 0 Å². The van der Waals surface area contributed by atoms with Crippen molar-refractivity contribution in [1.82, 2.24) is 0 Å². The Balaban J connectivity index is 2.05. The Labute approximate surface area is 143 Å². The maximum Gasteiger partial charge on any atom is 0.111 e. The average Bonchev–Trinajstić information content (AvgIpc) is 3.07. The first kappa shape index (κ1) is 17.4. The largest absolute Gasteiger partial charge is 0.197 e. The summed E-state index contributed by atoms with van der Waals surface area (Å²) < 4.78 is -0.428. The molecule has 118 valence electrons. The smallest absolute Gasteiger partial charge is 0.111 e. The van der Waals surface area contributed by atoms with Gasteiger partial charge in [0.15, 0.2) is 0 Å². The lowest BCUT2D eigenvalue weighted by atomic mass is 9.89. The van der Waals surface area contributed by atoms with Crippen LogP contribution < -0.4 is 0 Å². The summed E-state index contributed by atoms with van der Waals surface area (Å²) in [5, 5.41) is 9.89. The predicted molar refractivity (Wildman–Crippen MR) is 96.3 cm³/mol. The monoisotopic (exact) mass is 333 g/mol. The molecule has 1 aliphatic carbocycles. The second-order valence-electron chi connectivity index (χ2n) is 6.08. The van der Waals surface area contributed by atoms with Crippen LogP contribution in [-0.2, 0) is 0 Å². The van der Waals surface area contributed by atoms with Crippen LogP contribution >= 0.6 is 23.4 Å². The summed E-state index contributed by atoms with van der Waals surface area (Å²) in [7, 11) is 0. The van der Waals surface area contributed by atoms with E-state index in [2.05, 4.69) is 31.2 Å². The molecule has 0 fully saturated rings. The van der Waals surface area contributed by atoms with Crippen molar-refractivity contribution in [2.45, 2.75) is 55.1 Å². The SMILES string of the molecule is C[C@H](CCl)C(C#N)(CCCC1=CCCC1)Sc1ccccc1. The summed E-state index contributed by atoms with van der Waals surface area (Å²) in [5.41, 5.74) is 1.58. The van der Waals surface area contributed by atoms with Gasteiger partial charge in [-0.15, -0.1) is 23.4 Å². The van der Waals surface area contributed by atoms with Gasteiger partial charge in [0.2, 0.25) is 0 Å². The first-order valence-electron chi connectivity index (χ1n) is 8.09. The number of thioether (sulfide) groups is 1. The minimum absolute atomic E-state index is 0.168. The van der Waals surface area contributed by atoms with Crippen molar-refractivity contribution in [3.63, 3.8) is 0 Å². The van der Waals surface area contributed by atoms with E-state index in [4.69, 9.17) is 11.6 Å². The Morgan fingerprint density at radius 2 is 2.14 bits per heavy atom. The second-order valence-corrected chi connectivity index (χ2v) is 7.79. The molecule has 3 heteroatoms. The van der Waals surface area contributed by atoms with Crippen molar-refractivity contribution < 1.29 is 0 Å². The molecule has 22 heavy (non-hydrogen) atoms. The van der Waals surface area contributed by atoms with E-state index in [0.717, 1.165) is 24.2 Å². The number of nitrogens with zero attached hydrogens (tertiary/aromatic N) is 1. The highest BCUT2D eigenvalue weighted by atomic mass is 35.5. The van der Waals surface area contributed by atoms with Gasteiger partial charge in [0.05, 0.1) is 6.07 Å². The lowest BCUT2D eigenvalue weighted by molar-refractivity contribution is 0.478. The third-order valence-corrected chi connectivity index (χ3v) is 6.47. The molecule has 0 radical (unpaired) electrons. The van der Waals surface area contributed by atoms with Gasteiger partial charge in [-0.3, -0.25) is 0 Å². The Hall–Kier alpha value is -0.910. The lowest BCUT2D eigenvalue weighted by Gasteiger charge is -2.31. The molecule has 0 saturated heterocycles. The van der Waals surface area contributed by atoms with E-state index in [1.165, 1.54) is 19.3 Å². The van der Waals surface area contributed by atoms with E-state index in [1.807, 2.05) is 18.2 Å². The summed E-state index contributed by atoms with van der Waals surface area (Å²) in [6.45, 7) is 2.10. The Morgan fingerprint density at radius 1 is 1.36 bits per heavy atom. The zero-order valence-electron chi connectivity index (χ0n) is 13.2. The van der Waals surface area contributed by atoms with Crippen molar-refractivity contribution in [3.05, 3.63) is 42.0 Å². The molecular formula is C19H24ClNS. The number of nitriles is 1. The van der Waals surface area contributed by atoms with E-state index in [-0.39, 0.29) is 5.92 Å². The van der Waals surface area contributed by atoms with Gasteiger partial charge in [-0.1, -0.05) is 36.8 Å². The minimum atomic E-state index is -0.428. The molecule has 2 rings (SSSR count). The van der Waals surface area contributed by atoms with Crippen LogP contribution in [0, 0.1) is 17.2 Å². The van der Waals surface area contributed by atoms with E-state index in [0.29, 0.717) is 5.88 Å². The van der Waals surface area contributed by atoms with Gasteiger partial charge in [-0.05, 0) is 56.6 Å². The zero-order valence-corrected chi connectivity index (χ0v) is 14.8. The molecule has 1 unspecified atom stereocenters. The molecule has 0 heterocycles. The van der Waals surface area contributed by atoms with Crippen LogP contribution in [0.1, 0.15) is 45.4 Å². The number of rotatable bonds is 8. The van der Waals surface area contributed by atoms with E-state index in [9.17, 15) is 5.26 Å². The summed E-state index contributed by atoms with van der Waals surface area (Å²) >= 11 is 7.80. The van der Waals surface area contributed by atoms with Crippen LogP contribution in [0.5, 0.6) is 0 Å². The molecule has 0 saturated carbocycles. The molecule has 0 spiro atoms. The van der Waals surface area contributed by atoms with Gasteiger partial charge in [0.1, 0.15) is 4.75 Å². The summed E-state index contributed by atoms with van der Waals surface area (Å²) in [5.74, 6) is 0.692. The van der Waals surface area contributed by atoms with E-state index < -0.39 is 4.75 Å². The number of hydrogen-bond acceptors (Lipinski definition) is 2. The number of hydrogen-bond donors (Lipinski definition) is 0. The lowest BCUT2D eigenvalue weighted by Crippen LogP contribution is -2.32. The van der Waals surface area contributed by atoms with Crippen LogP contribution in [0.25, 0.3) is 0 Å². The van der Waals surface area contributed by atoms with Crippen molar-refractivity contribution in [1.29, 1.82) is 5.26 Å². The Bertz CT molecular complexity index is 534. The molecule has 1 nitrogen and oxygen atoms in total. The highest BCUT2D eigenvalue weighted by Gasteiger charge is 2.37. The van der Waals surface area contributed by atoms with Gasteiger partial charge in [-0.2, -0.15) is 5.26 Å². The van der Waals surface area contributed by atoms with Crippen LogP contribution in [0.2, 0.25) is 0 Å². The maximum atomic E-state index is 9.89. The van der Waals surface area contributed by atoms with Crippen LogP contribution in [-0.4, -0.2) is 10.6 Å². The predicted octanol–water partition coefficient (Wildman–Crippen LogP) is 6.20. The zero-order chi connectivity index (χ0) is 15.8. The molecule has 2 atom stereocenters. The van der Waals surface area contributed by atoms with Gasteiger partial charge >= 0.3 is 0 Å². The maximum absolute atomic E-state index is 9.89. The van der Waals surface area contributed by atoms with E-state index >= 15 is 0 Å². The molecule has 0 amide bonds. The van der Waals surface area contributed by atoms with Crippen LogP contribution in [0.15, 0.2) is 46.9 Å². The molecule has 0 N–H and O–H groups in total. The number of alkyl halides is 1. The molecule has 0 aromatic heterocycles. The molecule has 1 aromatic carbocycles. The molecule has 1 aromatic rings. The summed E-state index contributed by atoms with van der Waals surface area (Å²) in [6, 6.07) is 12.8. The normalized spacial score (nSPS) is 18.3. The molecule has 0 bridgehead atoms. The Kier molecular flexibility index (Phi) is 6.86. The fraction of sp³-hybridized carbons (Fsp3) is 0.526. The quantitative estimate of drug-likeness (QED) is 0.321. The Morgan fingerprint density at radius 3 is 2.73 bits per heavy atom. The van der Waals surface area contributed by atoms with Crippen molar-refractivity contribution in [2.24, 2.45) is 5.92 Å². The van der Waals surface area contributed by atoms with Crippen LogP contribution in [0.3, 0.4) is 0 Å². The fourth-order valence-corrected chi connectivity index (χ4v) is 4.60. The first-order chi connectivity index (χ1) is 10.7. The van der Waals surface area contributed by atoms with Gasteiger partial charge in [0.25, 0.3) is 0 Å². The first-order valence-corrected chi connectivity index (χ1v) is 9.44. The van der Waals surface area contributed by atoms with Gasteiger partial charge in [-0.25, -0.2) is 0 Å².